The number of hydrogen-bond acceptors (Lipinski definition) is 20. The summed E-state index contributed by atoms with van der Waals surface area (Å²) < 4.78 is 45.5. The predicted octanol–water partition coefficient (Wildman–Crippen LogP) is -1.55. The van der Waals surface area contributed by atoms with Crippen molar-refractivity contribution >= 4 is 0 Å². The molecule has 370 valence electrons. The third-order valence-corrected chi connectivity index (χ3v) is 12.3. The van der Waals surface area contributed by atoms with Gasteiger partial charge in [-0.05, 0) is 80.1 Å². The fraction of sp³-hybridized carbons (Fsp3) is 0.818. The van der Waals surface area contributed by atoms with Gasteiger partial charge in [-0.2, -0.15) is 0 Å². The van der Waals surface area contributed by atoms with Crippen molar-refractivity contribution in [1.29, 1.82) is 0 Å². The van der Waals surface area contributed by atoms with Crippen LogP contribution in [0.1, 0.15) is 80.1 Å². The summed E-state index contributed by atoms with van der Waals surface area (Å²) in [6.45, 7) is 13.6. The lowest BCUT2D eigenvalue weighted by molar-refractivity contribution is -0.362. The minimum Gasteiger partial charge on any atom is -0.394 e. The molecule has 21 atom stereocenters. The van der Waals surface area contributed by atoms with E-state index in [1.165, 1.54) is 25.0 Å². The Hall–Kier alpha value is -1.84. The molecule has 0 saturated carbocycles. The van der Waals surface area contributed by atoms with Crippen LogP contribution in [-0.4, -0.2) is 210 Å². The van der Waals surface area contributed by atoms with E-state index in [1.54, 1.807) is 13.0 Å². The van der Waals surface area contributed by atoms with Crippen molar-refractivity contribution in [2.75, 3.05) is 19.8 Å². The second-order valence-corrected chi connectivity index (χ2v) is 17.7. The Morgan fingerprint density at radius 1 is 0.547 bits per heavy atom. The number of aliphatic hydroxyl groups excluding tert-OH is 12. The molecule has 4 aliphatic rings. The van der Waals surface area contributed by atoms with Gasteiger partial charge in [0.25, 0.3) is 0 Å². The lowest BCUT2D eigenvalue weighted by Gasteiger charge is -2.46. The summed E-state index contributed by atoms with van der Waals surface area (Å²) in [5, 5.41) is 124. The maximum Gasteiger partial charge on any atom is 0.187 e. The smallest absolute Gasteiger partial charge is 0.187 e. The molecule has 0 spiro atoms. The van der Waals surface area contributed by atoms with E-state index in [-0.39, 0.29) is 6.61 Å². The molecule has 0 aliphatic carbocycles. The van der Waals surface area contributed by atoms with E-state index in [9.17, 15) is 61.3 Å². The van der Waals surface area contributed by atoms with E-state index in [4.69, 9.17) is 37.9 Å². The molecular formula is C44H74O20. The highest BCUT2D eigenvalue weighted by molar-refractivity contribution is 5.07. The van der Waals surface area contributed by atoms with Crippen LogP contribution in [0.3, 0.4) is 0 Å². The van der Waals surface area contributed by atoms with Crippen LogP contribution in [0.25, 0.3) is 0 Å². The Labute approximate surface area is 374 Å². The zero-order valence-corrected chi connectivity index (χ0v) is 37.6. The first kappa shape index (κ1) is 54.8. The first-order chi connectivity index (χ1) is 30.1. The fourth-order valence-corrected chi connectivity index (χ4v) is 7.77. The average molecular weight is 923 g/mol. The van der Waals surface area contributed by atoms with Crippen LogP contribution in [-0.2, 0) is 37.9 Å². The van der Waals surface area contributed by atoms with Crippen LogP contribution in [0.5, 0.6) is 0 Å². The maximum atomic E-state index is 11.2. The summed E-state index contributed by atoms with van der Waals surface area (Å²) in [4.78, 5) is 0. The number of rotatable bonds is 21. The van der Waals surface area contributed by atoms with Gasteiger partial charge in [0.05, 0.1) is 37.6 Å². The van der Waals surface area contributed by atoms with Gasteiger partial charge in [-0.3, -0.25) is 0 Å². The summed E-state index contributed by atoms with van der Waals surface area (Å²) in [5.74, 6) is 0. The van der Waals surface area contributed by atoms with Gasteiger partial charge in [0.1, 0.15) is 85.5 Å². The van der Waals surface area contributed by atoms with Crippen molar-refractivity contribution in [3.8, 4) is 0 Å². The van der Waals surface area contributed by atoms with E-state index in [1.807, 2.05) is 19.9 Å². The van der Waals surface area contributed by atoms with Crippen LogP contribution in [0.2, 0.25) is 0 Å². The van der Waals surface area contributed by atoms with Crippen LogP contribution in [0.15, 0.2) is 47.6 Å². The second-order valence-electron chi connectivity index (χ2n) is 17.7. The Balaban J connectivity index is 1.20. The second kappa shape index (κ2) is 25.0. The molecule has 4 aliphatic heterocycles. The third-order valence-electron chi connectivity index (χ3n) is 12.3. The maximum absolute atomic E-state index is 11.2. The quantitative estimate of drug-likeness (QED) is 0.0580. The standard InChI is InChI=1S/C44H74O20/c1-8-44(7,64-43-37(55)33(51)30(48)26(18-45)61-43)17-11-16-22(3)13-9-12-21(2)14-10-15-23(4)19-57-41-38(56)39(29(47)25(6)60-41)63-42-36(54)34(52)31(49)27(62-42)20-58-40-35(53)32(50)28(46)24(5)59-40/h8,12,15-16,24-43,45-56H,1,9-11,13-14,17-20H2,2-7H3. The Morgan fingerprint density at radius 2 is 1.03 bits per heavy atom. The molecule has 64 heavy (non-hydrogen) atoms. The van der Waals surface area contributed by atoms with Gasteiger partial charge in [0.15, 0.2) is 25.2 Å². The molecule has 0 amide bonds. The van der Waals surface area contributed by atoms with Crippen molar-refractivity contribution in [1.82, 2.24) is 0 Å². The van der Waals surface area contributed by atoms with Gasteiger partial charge in [0.2, 0.25) is 0 Å². The van der Waals surface area contributed by atoms with Gasteiger partial charge in [-0.1, -0.05) is 41.0 Å². The van der Waals surface area contributed by atoms with E-state index in [2.05, 4.69) is 25.7 Å². The molecule has 21 unspecified atom stereocenters. The molecular weight excluding hydrogens is 848 g/mol. The monoisotopic (exact) mass is 922 g/mol. The molecule has 4 rings (SSSR count). The summed E-state index contributed by atoms with van der Waals surface area (Å²) in [5.41, 5.74) is 2.32. The average Bonchev–Trinajstić information content (AvgIpc) is 3.26. The summed E-state index contributed by atoms with van der Waals surface area (Å²) in [6.07, 6.45) is -16.5. The van der Waals surface area contributed by atoms with E-state index < -0.39 is 142 Å². The van der Waals surface area contributed by atoms with Crippen molar-refractivity contribution < 1.29 is 99.2 Å². The minimum absolute atomic E-state index is 0.0782. The Kier molecular flexibility index (Phi) is 21.4. The molecule has 0 aromatic rings. The number of ether oxygens (including phenoxy) is 8. The normalized spacial score (nSPS) is 42.6. The fourth-order valence-electron chi connectivity index (χ4n) is 7.77. The zero-order valence-electron chi connectivity index (χ0n) is 37.6. The number of aliphatic hydroxyl groups is 12. The first-order valence-corrected chi connectivity index (χ1v) is 22.0. The van der Waals surface area contributed by atoms with Gasteiger partial charge in [0, 0.05) is 0 Å². The SMILES string of the molecule is C=CC(C)(CCC=C(C)CCC=C(C)CCC=C(C)COC1OC(C)C(O)C(OC2OC(COC3OC(C)C(O)C(O)C3O)C(O)C(O)C2O)C1O)OC1OC(CO)C(O)C(O)C1O. The van der Waals surface area contributed by atoms with E-state index in [0.29, 0.717) is 12.8 Å². The number of hydrogen-bond donors (Lipinski definition) is 12. The predicted molar refractivity (Wildman–Crippen MR) is 225 cm³/mol. The van der Waals surface area contributed by atoms with Gasteiger partial charge in [-0.15, -0.1) is 6.58 Å². The Bertz CT molecular complexity index is 1530. The molecule has 4 saturated heterocycles. The van der Waals surface area contributed by atoms with Gasteiger partial charge in [-0.25, -0.2) is 0 Å². The van der Waals surface area contributed by atoms with E-state index >= 15 is 0 Å². The van der Waals surface area contributed by atoms with Crippen LogP contribution in [0, 0.1) is 0 Å². The highest BCUT2D eigenvalue weighted by Gasteiger charge is 2.51. The molecule has 20 nitrogen and oxygen atoms in total. The lowest BCUT2D eigenvalue weighted by Crippen LogP contribution is -2.64. The van der Waals surface area contributed by atoms with Crippen molar-refractivity contribution in [3.63, 3.8) is 0 Å². The number of allylic oxidation sites excluding steroid dienone is 5. The molecule has 4 heterocycles. The molecule has 0 radical (unpaired) electrons. The Morgan fingerprint density at radius 3 is 1.62 bits per heavy atom. The van der Waals surface area contributed by atoms with Gasteiger partial charge < -0.3 is 99.2 Å². The summed E-state index contributed by atoms with van der Waals surface area (Å²) in [6, 6.07) is 0. The topological polar surface area (TPSA) is 317 Å². The molecule has 4 fully saturated rings. The largest absolute Gasteiger partial charge is 0.394 e. The van der Waals surface area contributed by atoms with E-state index in [0.717, 1.165) is 31.3 Å². The van der Waals surface area contributed by atoms with Crippen LogP contribution >= 0.6 is 0 Å². The van der Waals surface area contributed by atoms with Crippen LogP contribution in [0.4, 0.5) is 0 Å². The lowest BCUT2D eigenvalue weighted by atomic mass is 9.96. The van der Waals surface area contributed by atoms with Crippen molar-refractivity contribution in [2.24, 2.45) is 0 Å². The first-order valence-electron chi connectivity index (χ1n) is 22.0. The van der Waals surface area contributed by atoms with Crippen molar-refractivity contribution in [2.45, 2.75) is 208 Å². The van der Waals surface area contributed by atoms with Gasteiger partial charge >= 0.3 is 0 Å². The molecule has 0 aromatic heterocycles. The van der Waals surface area contributed by atoms with Crippen molar-refractivity contribution in [3.05, 3.63) is 47.6 Å². The highest BCUT2D eigenvalue weighted by Crippen LogP contribution is 2.32. The summed E-state index contributed by atoms with van der Waals surface area (Å²) >= 11 is 0. The summed E-state index contributed by atoms with van der Waals surface area (Å²) in [7, 11) is 0. The molecule has 12 N–H and O–H groups in total. The molecule has 0 bridgehead atoms. The minimum atomic E-state index is -1.82. The van der Waals surface area contributed by atoms with Crippen LogP contribution < -0.4 is 0 Å². The molecule has 20 heteroatoms. The third kappa shape index (κ3) is 14.3. The zero-order chi connectivity index (χ0) is 47.6. The highest BCUT2D eigenvalue weighted by atomic mass is 16.8. The molecule has 0 aromatic carbocycles.